The van der Waals surface area contributed by atoms with Gasteiger partial charge in [-0.2, -0.15) is 0 Å². The normalized spacial score (nSPS) is 13.1. The highest BCUT2D eigenvalue weighted by Crippen LogP contribution is 2.27. The number of hydrogen-bond acceptors (Lipinski definition) is 6. The van der Waals surface area contributed by atoms with Gasteiger partial charge in [0.1, 0.15) is 0 Å². The predicted octanol–water partition coefficient (Wildman–Crippen LogP) is 4.65. The minimum absolute atomic E-state index is 0.00742. The maximum atomic E-state index is 12.5. The number of hydrogen-bond donors (Lipinski definition) is 2. The first-order chi connectivity index (χ1) is 13.3. The number of fused-ring (bicyclic) bond motifs is 1. The Labute approximate surface area is 167 Å². The van der Waals surface area contributed by atoms with Gasteiger partial charge in [0.25, 0.3) is 0 Å². The molecule has 27 heavy (non-hydrogen) atoms. The van der Waals surface area contributed by atoms with E-state index in [4.69, 9.17) is 0 Å². The lowest BCUT2D eigenvalue weighted by Gasteiger charge is -2.30. The number of amides is 1. The lowest BCUT2D eigenvalue weighted by Crippen LogP contribution is -2.36. The SMILES string of the molecule is O=C(CN1CCCc2ccccc21)Nc1ccc(SNc2nccs2)cc1. The summed E-state index contributed by atoms with van der Waals surface area (Å²) in [7, 11) is 0. The molecule has 0 unspecified atom stereocenters. The van der Waals surface area contributed by atoms with Crippen molar-refractivity contribution in [3.8, 4) is 0 Å². The number of aryl methyl sites for hydroxylation is 1. The van der Waals surface area contributed by atoms with E-state index in [2.05, 4.69) is 38.1 Å². The molecule has 0 spiro atoms. The molecule has 1 aromatic heterocycles. The highest BCUT2D eigenvalue weighted by Gasteiger charge is 2.18. The summed E-state index contributed by atoms with van der Waals surface area (Å²) in [5, 5.41) is 5.80. The first-order valence-electron chi connectivity index (χ1n) is 8.83. The van der Waals surface area contributed by atoms with Gasteiger partial charge in [-0.25, -0.2) is 4.98 Å². The number of nitrogens with one attached hydrogen (secondary N) is 2. The number of nitrogens with zero attached hydrogens (tertiary/aromatic N) is 2. The summed E-state index contributed by atoms with van der Waals surface area (Å²) in [6.45, 7) is 1.29. The van der Waals surface area contributed by atoms with Crippen molar-refractivity contribution < 1.29 is 4.79 Å². The number of carbonyl (C=O) groups is 1. The van der Waals surface area contributed by atoms with Crippen LogP contribution in [0.2, 0.25) is 0 Å². The second kappa shape index (κ2) is 8.45. The average molecular weight is 397 g/mol. The quantitative estimate of drug-likeness (QED) is 0.594. The van der Waals surface area contributed by atoms with E-state index in [0.717, 1.165) is 35.1 Å². The van der Waals surface area contributed by atoms with Gasteiger partial charge in [0.05, 0.1) is 6.54 Å². The van der Waals surface area contributed by atoms with E-state index in [1.807, 2.05) is 35.7 Å². The Bertz CT molecular complexity index is 897. The molecule has 0 saturated heterocycles. The van der Waals surface area contributed by atoms with Crippen molar-refractivity contribution in [2.75, 3.05) is 28.0 Å². The second-order valence-corrected chi connectivity index (χ2v) is 8.04. The van der Waals surface area contributed by atoms with Crippen LogP contribution in [0, 0.1) is 0 Å². The van der Waals surface area contributed by atoms with E-state index in [-0.39, 0.29) is 5.91 Å². The fourth-order valence-corrected chi connectivity index (χ4v) is 4.35. The highest BCUT2D eigenvalue weighted by atomic mass is 32.2. The fraction of sp³-hybridized carbons (Fsp3) is 0.200. The first kappa shape index (κ1) is 17.9. The van der Waals surface area contributed by atoms with Gasteiger partial charge in [-0.3, -0.25) is 4.79 Å². The van der Waals surface area contributed by atoms with E-state index in [1.165, 1.54) is 23.2 Å². The summed E-state index contributed by atoms with van der Waals surface area (Å²) in [6, 6.07) is 16.2. The Hall–Kier alpha value is -2.51. The highest BCUT2D eigenvalue weighted by molar-refractivity contribution is 8.00. The molecule has 138 valence electrons. The summed E-state index contributed by atoms with van der Waals surface area (Å²) in [5.41, 5.74) is 3.31. The lowest BCUT2D eigenvalue weighted by atomic mass is 10.0. The van der Waals surface area contributed by atoms with Crippen molar-refractivity contribution >= 4 is 45.7 Å². The van der Waals surface area contributed by atoms with Crippen molar-refractivity contribution in [2.24, 2.45) is 0 Å². The zero-order chi connectivity index (χ0) is 18.5. The standard InChI is InChI=1S/C20H20N4OS2/c25-19(14-24-12-3-5-15-4-1-2-6-18(15)24)22-16-7-9-17(10-8-16)27-23-20-21-11-13-26-20/h1-2,4,6-11,13H,3,5,12,14H2,(H,21,23)(H,22,25). The van der Waals surface area contributed by atoms with Crippen molar-refractivity contribution in [1.82, 2.24) is 4.98 Å². The van der Waals surface area contributed by atoms with Crippen LogP contribution in [0.5, 0.6) is 0 Å². The first-order valence-corrected chi connectivity index (χ1v) is 10.5. The zero-order valence-corrected chi connectivity index (χ0v) is 16.4. The maximum Gasteiger partial charge on any atom is 0.243 e. The topological polar surface area (TPSA) is 57.3 Å². The lowest BCUT2D eigenvalue weighted by molar-refractivity contribution is -0.115. The molecule has 4 rings (SSSR count). The molecule has 2 heterocycles. The Balaban J connectivity index is 1.32. The molecule has 0 fully saturated rings. The zero-order valence-electron chi connectivity index (χ0n) is 14.7. The summed E-state index contributed by atoms with van der Waals surface area (Å²) in [4.78, 5) is 19.9. The Morgan fingerprint density at radius 3 is 2.85 bits per heavy atom. The van der Waals surface area contributed by atoms with Crippen LogP contribution in [0.15, 0.2) is 65.0 Å². The molecule has 2 N–H and O–H groups in total. The van der Waals surface area contributed by atoms with Crippen molar-refractivity contribution in [3.63, 3.8) is 0 Å². The predicted molar refractivity (Wildman–Crippen MR) is 114 cm³/mol. The van der Waals surface area contributed by atoms with Gasteiger partial charge in [0.15, 0.2) is 5.13 Å². The summed E-state index contributed by atoms with van der Waals surface area (Å²) >= 11 is 3.06. The van der Waals surface area contributed by atoms with E-state index in [9.17, 15) is 4.79 Å². The van der Waals surface area contributed by atoms with Crippen LogP contribution in [-0.4, -0.2) is 24.0 Å². The molecule has 5 nitrogen and oxygen atoms in total. The third-order valence-corrected chi connectivity index (χ3v) is 5.99. The molecular formula is C20H20N4OS2. The maximum absolute atomic E-state index is 12.5. The van der Waals surface area contributed by atoms with Crippen molar-refractivity contribution in [1.29, 1.82) is 0 Å². The summed E-state index contributed by atoms with van der Waals surface area (Å²) in [5.74, 6) is 0.00742. The van der Waals surface area contributed by atoms with Gasteiger partial charge >= 0.3 is 0 Å². The minimum atomic E-state index is 0.00742. The second-order valence-electron chi connectivity index (χ2n) is 6.27. The number of benzene rings is 2. The van der Waals surface area contributed by atoms with Gasteiger partial charge < -0.3 is 14.9 Å². The van der Waals surface area contributed by atoms with Gasteiger partial charge in [-0.05, 0) is 60.7 Å². The third kappa shape index (κ3) is 4.61. The van der Waals surface area contributed by atoms with Crippen LogP contribution in [0.1, 0.15) is 12.0 Å². The Morgan fingerprint density at radius 2 is 2.04 bits per heavy atom. The molecule has 1 aliphatic heterocycles. The summed E-state index contributed by atoms with van der Waals surface area (Å²) < 4.78 is 3.19. The van der Waals surface area contributed by atoms with E-state index >= 15 is 0 Å². The van der Waals surface area contributed by atoms with Gasteiger partial charge in [0.2, 0.25) is 5.91 Å². The van der Waals surface area contributed by atoms with Crippen molar-refractivity contribution in [3.05, 3.63) is 65.7 Å². The van der Waals surface area contributed by atoms with Gasteiger partial charge in [-0.15, -0.1) is 11.3 Å². The number of thiazole rings is 1. The summed E-state index contributed by atoms with van der Waals surface area (Å²) in [6.07, 6.45) is 3.94. The smallest absolute Gasteiger partial charge is 0.243 e. The molecule has 0 aliphatic carbocycles. The largest absolute Gasteiger partial charge is 0.362 e. The van der Waals surface area contributed by atoms with Gasteiger partial charge in [0, 0.05) is 34.4 Å². The molecule has 1 aliphatic rings. The van der Waals surface area contributed by atoms with Crippen LogP contribution in [0.4, 0.5) is 16.5 Å². The Morgan fingerprint density at radius 1 is 1.19 bits per heavy atom. The number of anilines is 3. The number of aromatic nitrogens is 1. The number of para-hydroxylation sites is 1. The van der Waals surface area contributed by atoms with Crippen LogP contribution < -0.4 is 14.9 Å². The number of rotatable bonds is 6. The van der Waals surface area contributed by atoms with Crippen LogP contribution >= 0.6 is 23.3 Å². The Kier molecular flexibility index (Phi) is 5.60. The van der Waals surface area contributed by atoms with Gasteiger partial charge in [-0.1, -0.05) is 18.2 Å². The van der Waals surface area contributed by atoms with Crippen molar-refractivity contribution in [2.45, 2.75) is 17.7 Å². The van der Waals surface area contributed by atoms with E-state index < -0.39 is 0 Å². The molecule has 7 heteroatoms. The molecule has 1 amide bonds. The van der Waals surface area contributed by atoms with E-state index in [1.54, 1.807) is 17.5 Å². The van der Waals surface area contributed by atoms with Crippen LogP contribution in [0.25, 0.3) is 0 Å². The molecule has 0 saturated carbocycles. The fourth-order valence-electron chi connectivity index (χ4n) is 3.13. The molecular weight excluding hydrogens is 376 g/mol. The molecule has 2 aromatic carbocycles. The molecule has 0 bridgehead atoms. The monoisotopic (exact) mass is 396 g/mol. The van der Waals surface area contributed by atoms with Crippen LogP contribution in [-0.2, 0) is 11.2 Å². The molecule has 0 atom stereocenters. The van der Waals surface area contributed by atoms with Crippen LogP contribution in [0.3, 0.4) is 0 Å². The molecule has 0 radical (unpaired) electrons. The molecule has 3 aromatic rings. The minimum Gasteiger partial charge on any atom is -0.362 e. The average Bonchev–Trinajstić information content (AvgIpc) is 3.21. The van der Waals surface area contributed by atoms with E-state index in [0.29, 0.717) is 6.54 Å². The third-order valence-electron chi connectivity index (χ3n) is 4.37. The number of carbonyl (C=O) groups excluding carboxylic acids is 1.